The van der Waals surface area contributed by atoms with Crippen molar-refractivity contribution in [2.75, 3.05) is 32.2 Å². The molecule has 0 spiro atoms. The molecule has 0 aliphatic rings. The van der Waals surface area contributed by atoms with Crippen LogP contribution in [0.2, 0.25) is 0 Å². The molecule has 6 nitrogen and oxygen atoms in total. The first-order valence-corrected chi connectivity index (χ1v) is 12.0. The number of hydrogen-bond acceptors (Lipinski definition) is 6. The van der Waals surface area contributed by atoms with Gasteiger partial charge in [-0.1, -0.05) is 77.2 Å². The fourth-order valence-corrected chi connectivity index (χ4v) is 3.76. The molecular formula is C20H41NO5S. The first-order valence-electron chi connectivity index (χ1n) is 10.4. The second-order valence-corrected chi connectivity index (χ2v) is 8.76. The summed E-state index contributed by atoms with van der Waals surface area (Å²) in [5.41, 5.74) is 0. The van der Waals surface area contributed by atoms with E-state index in [1.807, 2.05) is 0 Å². The molecule has 0 aliphatic heterocycles. The van der Waals surface area contributed by atoms with Crippen molar-refractivity contribution in [3.8, 4) is 0 Å². The lowest BCUT2D eigenvalue weighted by Crippen LogP contribution is -2.28. The van der Waals surface area contributed by atoms with Crippen LogP contribution < -0.4 is 5.90 Å². The molecule has 27 heavy (non-hydrogen) atoms. The second-order valence-electron chi connectivity index (χ2n) is 7.12. The summed E-state index contributed by atoms with van der Waals surface area (Å²) in [6.07, 6.45) is 15.8. The molecule has 0 rings (SSSR count). The molecule has 0 heterocycles. The highest BCUT2D eigenvalue weighted by Gasteiger charge is 2.20. The molecule has 0 aliphatic carbocycles. The van der Waals surface area contributed by atoms with Gasteiger partial charge in [0.15, 0.2) is 0 Å². The van der Waals surface area contributed by atoms with Gasteiger partial charge in [0, 0.05) is 12.5 Å². The third kappa shape index (κ3) is 18.7. The van der Waals surface area contributed by atoms with Crippen molar-refractivity contribution < 1.29 is 22.2 Å². The van der Waals surface area contributed by atoms with Gasteiger partial charge in [-0.05, 0) is 6.42 Å². The molecule has 0 aromatic carbocycles. The summed E-state index contributed by atoms with van der Waals surface area (Å²) in [6, 6.07) is 0. The molecule has 0 fully saturated rings. The summed E-state index contributed by atoms with van der Waals surface area (Å²) in [5, 5.41) is 0. The van der Waals surface area contributed by atoms with Crippen molar-refractivity contribution in [2.24, 2.45) is 11.8 Å². The molecule has 0 saturated carbocycles. The summed E-state index contributed by atoms with van der Waals surface area (Å²) >= 11 is 0. The third-order valence-corrected chi connectivity index (χ3v) is 5.59. The minimum Gasteiger partial charge on any atom is -0.381 e. The van der Waals surface area contributed by atoms with E-state index in [0.717, 1.165) is 12.8 Å². The Labute approximate surface area is 166 Å². The van der Waals surface area contributed by atoms with E-state index in [0.29, 0.717) is 19.8 Å². The monoisotopic (exact) mass is 407 g/mol. The molecular weight excluding hydrogens is 366 g/mol. The zero-order valence-corrected chi connectivity index (χ0v) is 18.0. The number of ether oxygens (including phenoxy) is 2. The zero-order valence-electron chi connectivity index (χ0n) is 17.2. The van der Waals surface area contributed by atoms with Crippen LogP contribution in [0.1, 0.15) is 77.6 Å². The molecule has 0 aromatic rings. The molecule has 1 atom stereocenters. The van der Waals surface area contributed by atoms with Crippen LogP contribution in [-0.4, -0.2) is 40.6 Å². The summed E-state index contributed by atoms with van der Waals surface area (Å²) in [4.78, 5) is 0. The van der Waals surface area contributed by atoms with Crippen molar-refractivity contribution in [3.05, 3.63) is 12.7 Å². The quantitative estimate of drug-likeness (QED) is 0.173. The van der Waals surface area contributed by atoms with E-state index in [1.54, 1.807) is 6.08 Å². The highest BCUT2D eigenvalue weighted by Crippen LogP contribution is 2.11. The molecule has 0 saturated heterocycles. The van der Waals surface area contributed by atoms with E-state index >= 15 is 0 Å². The number of unbranched alkanes of at least 4 members (excludes halogenated alkanes) is 10. The van der Waals surface area contributed by atoms with Crippen LogP contribution in [0.25, 0.3) is 0 Å². The van der Waals surface area contributed by atoms with Gasteiger partial charge in [-0.2, -0.15) is 18.6 Å². The molecule has 0 amide bonds. The van der Waals surface area contributed by atoms with E-state index in [1.165, 1.54) is 57.8 Å². The summed E-state index contributed by atoms with van der Waals surface area (Å²) in [6.45, 7) is 7.41. The van der Waals surface area contributed by atoms with Gasteiger partial charge in [-0.15, -0.1) is 6.58 Å². The maximum Gasteiger partial charge on any atom is 0.283 e. The van der Waals surface area contributed by atoms with Crippen molar-refractivity contribution in [1.82, 2.24) is 0 Å². The van der Waals surface area contributed by atoms with Gasteiger partial charge < -0.3 is 9.47 Å². The van der Waals surface area contributed by atoms with E-state index < -0.39 is 10.1 Å². The van der Waals surface area contributed by atoms with E-state index in [9.17, 15) is 8.42 Å². The third-order valence-electron chi connectivity index (χ3n) is 4.42. The summed E-state index contributed by atoms with van der Waals surface area (Å²) in [7, 11) is -3.73. The molecule has 2 N–H and O–H groups in total. The van der Waals surface area contributed by atoms with Crippen LogP contribution in [-0.2, 0) is 23.9 Å². The Kier molecular flexibility index (Phi) is 18.5. The first kappa shape index (κ1) is 26.5. The molecule has 0 aromatic heterocycles. The van der Waals surface area contributed by atoms with Crippen molar-refractivity contribution in [1.29, 1.82) is 0 Å². The summed E-state index contributed by atoms with van der Waals surface area (Å²) < 4.78 is 38.0. The fraction of sp³-hybridized carbons (Fsp3) is 0.900. The summed E-state index contributed by atoms with van der Waals surface area (Å²) in [5.74, 6) is 4.29. The van der Waals surface area contributed by atoms with Crippen LogP contribution in [0, 0.1) is 5.92 Å². The molecule has 0 radical (unpaired) electrons. The van der Waals surface area contributed by atoms with Crippen LogP contribution in [0.3, 0.4) is 0 Å². The van der Waals surface area contributed by atoms with Crippen LogP contribution in [0.4, 0.5) is 0 Å². The first-order chi connectivity index (χ1) is 13.1. The average molecular weight is 408 g/mol. The van der Waals surface area contributed by atoms with Gasteiger partial charge in [0.2, 0.25) is 0 Å². The number of rotatable bonds is 21. The number of hydrogen-bond donors (Lipinski definition) is 1. The van der Waals surface area contributed by atoms with Crippen LogP contribution in [0.5, 0.6) is 0 Å². The predicted octanol–water partition coefficient (Wildman–Crippen LogP) is 4.35. The van der Waals surface area contributed by atoms with Crippen molar-refractivity contribution >= 4 is 10.1 Å². The van der Waals surface area contributed by atoms with Gasteiger partial charge >= 0.3 is 0 Å². The highest BCUT2D eigenvalue weighted by atomic mass is 32.2. The Morgan fingerprint density at radius 2 is 1.41 bits per heavy atom. The van der Waals surface area contributed by atoms with Crippen molar-refractivity contribution in [2.45, 2.75) is 77.6 Å². The standard InChI is InChI=1S/C20H41NO5S/c1-3-5-6-7-8-9-10-11-12-13-14-16-25-18-20(17-24-15-4-2)19-27(22,23)26-21/h4,20H,2-3,5-19,21H2,1H3. The molecule has 7 heteroatoms. The smallest absolute Gasteiger partial charge is 0.283 e. The fourth-order valence-electron chi connectivity index (χ4n) is 2.91. The normalized spacial score (nSPS) is 13.0. The number of nitrogens with two attached hydrogens (primary N) is 1. The average Bonchev–Trinajstić information content (AvgIpc) is 2.65. The van der Waals surface area contributed by atoms with Crippen LogP contribution in [0.15, 0.2) is 12.7 Å². The Hall–Kier alpha value is -0.470. The molecule has 1 unspecified atom stereocenters. The van der Waals surface area contributed by atoms with Crippen molar-refractivity contribution in [3.63, 3.8) is 0 Å². The van der Waals surface area contributed by atoms with Gasteiger partial charge in [-0.3, -0.25) is 0 Å². The SMILES string of the molecule is C=CCOCC(COCCCCCCCCCCCCC)CS(=O)(=O)ON. The van der Waals surface area contributed by atoms with Crippen LogP contribution >= 0.6 is 0 Å². The Morgan fingerprint density at radius 1 is 0.889 bits per heavy atom. The lowest BCUT2D eigenvalue weighted by molar-refractivity contribution is 0.0536. The Balaban J connectivity index is 3.65. The minimum atomic E-state index is -3.73. The second kappa shape index (κ2) is 18.9. The highest BCUT2D eigenvalue weighted by molar-refractivity contribution is 7.86. The van der Waals surface area contributed by atoms with Gasteiger partial charge in [-0.25, -0.2) is 0 Å². The van der Waals surface area contributed by atoms with Gasteiger partial charge in [0.05, 0.1) is 25.6 Å². The van der Waals surface area contributed by atoms with E-state index in [-0.39, 0.29) is 18.3 Å². The maximum absolute atomic E-state index is 11.5. The Bertz CT molecular complexity index is 428. The maximum atomic E-state index is 11.5. The lowest BCUT2D eigenvalue weighted by Gasteiger charge is -2.16. The van der Waals surface area contributed by atoms with Gasteiger partial charge in [0.1, 0.15) is 0 Å². The Morgan fingerprint density at radius 3 is 1.93 bits per heavy atom. The minimum absolute atomic E-state index is 0.209. The lowest BCUT2D eigenvalue weighted by atomic mass is 10.1. The van der Waals surface area contributed by atoms with E-state index in [4.69, 9.17) is 15.4 Å². The molecule has 0 bridgehead atoms. The largest absolute Gasteiger partial charge is 0.381 e. The van der Waals surface area contributed by atoms with E-state index in [2.05, 4.69) is 17.8 Å². The molecule has 162 valence electrons. The topological polar surface area (TPSA) is 87.8 Å². The predicted molar refractivity (Wildman–Crippen MR) is 111 cm³/mol. The van der Waals surface area contributed by atoms with Gasteiger partial charge in [0.25, 0.3) is 10.1 Å². The zero-order chi connectivity index (χ0) is 20.2.